The predicted octanol–water partition coefficient (Wildman–Crippen LogP) is 3.03. The van der Waals surface area contributed by atoms with Gasteiger partial charge in [-0.05, 0) is 36.5 Å². The maximum absolute atomic E-state index is 9.11. The maximum Gasteiger partial charge on any atom is 0.214 e. The standard InChI is InChI=1S/C16H17NO2/c18-11-13-7-4-10-16(17-13)19-15-9-3-6-12-5-1-2-8-14(12)15/h1-2,4-5,7-8,10,15,18H,3,6,9,11H2. The first kappa shape index (κ1) is 12.2. The van der Waals surface area contributed by atoms with Gasteiger partial charge in [0.2, 0.25) is 5.88 Å². The number of hydrogen-bond acceptors (Lipinski definition) is 3. The zero-order valence-electron chi connectivity index (χ0n) is 10.7. The van der Waals surface area contributed by atoms with Crippen molar-refractivity contribution in [1.82, 2.24) is 4.98 Å². The van der Waals surface area contributed by atoms with Crippen LogP contribution in [0.2, 0.25) is 0 Å². The minimum Gasteiger partial charge on any atom is -0.469 e. The molecule has 2 aromatic rings. The average molecular weight is 255 g/mol. The summed E-state index contributed by atoms with van der Waals surface area (Å²) in [5, 5.41) is 9.11. The highest BCUT2D eigenvalue weighted by Crippen LogP contribution is 2.32. The number of fused-ring (bicyclic) bond motifs is 1. The van der Waals surface area contributed by atoms with Gasteiger partial charge in [-0.15, -0.1) is 0 Å². The molecule has 1 aromatic carbocycles. The monoisotopic (exact) mass is 255 g/mol. The van der Waals surface area contributed by atoms with Crippen molar-refractivity contribution >= 4 is 0 Å². The Balaban J connectivity index is 1.84. The SMILES string of the molecule is OCc1cccc(OC2CCCc3ccccc32)n1. The second-order valence-corrected chi connectivity index (χ2v) is 4.82. The summed E-state index contributed by atoms with van der Waals surface area (Å²) in [6.45, 7) is -0.0571. The van der Waals surface area contributed by atoms with Gasteiger partial charge in [0, 0.05) is 6.07 Å². The van der Waals surface area contributed by atoms with Crippen LogP contribution in [0.3, 0.4) is 0 Å². The number of pyridine rings is 1. The first-order valence-electron chi connectivity index (χ1n) is 6.68. The van der Waals surface area contributed by atoms with E-state index in [1.54, 1.807) is 6.07 Å². The van der Waals surface area contributed by atoms with Crippen molar-refractivity contribution in [2.75, 3.05) is 0 Å². The highest BCUT2D eigenvalue weighted by Gasteiger charge is 2.21. The Morgan fingerprint density at radius 1 is 1.16 bits per heavy atom. The van der Waals surface area contributed by atoms with Crippen LogP contribution in [-0.4, -0.2) is 10.1 Å². The van der Waals surface area contributed by atoms with E-state index in [0.29, 0.717) is 11.6 Å². The second kappa shape index (κ2) is 5.41. The predicted molar refractivity (Wildman–Crippen MR) is 72.9 cm³/mol. The third kappa shape index (κ3) is 2.61. The van der Waals surface area contributed by atoms with E-state index in [0.717, 1.165) is 19.3 Å². The lowest BCUT2D eigenvalue weighted by Crippen LogP contribution is -2.15. The fourth-order valence-corrected chi connectivity index (χ4v) is 2.59. The van der Waals surface area contributed by atoms with Gasteiger partial charge in [-0.3, -0.25) is 0 Å². The molecule has 3 heteroatoms. The van der Waals surface area contributed by atoms with Crippen LogP contribution in [0.25, 0.3) is 0 Å². The lowest BCUT2D eigenvalue weighted by atomic mass is 9.89. The number of aryl methyl sites for hydroxylation is 1. The molecule has 1 heterocycles. The van der Waals surface area contributed by atoms with E-state index >= 15 is 0 Å². The molecule has 0 saturated carbocycles. The highest BCUT2D eigenvalue weighted by molar-refractivity contribution is 5.32. The van der Waals surface area contributed by atoms with Gasteiger partial charge in [-0.2, -0.15) is 0 Å². The Labute approximate surface area is 112 Å². The van der Waals surface area contributed by atoms with Crippen molar-refractivity contribution in [2.45, 2.75) is 32.0 Å². The molecule has 3 rings (SSSR count). The molecule has 19 heavy (non-hydrogen) atoms. The molecule has 0 fully saturated rings. The summed E-state index contributed by atoms with van der Waals surface area (Å²) >= 11 is 0. The number of aliphatic hydroxyl groups excluding tert-OH is 1. The van der Waals surface area contributed by atoms with Gasteiger partial charge < -0.3 is 9.84 Å². The van der Waals surface area contributed by atoms with Crippen LogP contribution in [0.5, 0.6) is 5.88 Å². The number of aromatic nitrogens is 1. The van der Waals surface area contributed by atoms with Crippen molar-refractivity contribution in [3.05, 3.63) is 59.3 Å². The maximum atomic E-state index is 9.11. The van der Waals surface area contributed by atoms with E-state index in [-0.39, 0.29) is 12.7 Å². The van der Waals surface area contributed by atoms with Gasteiger partial charge in [0.1, 0.15) is 6.10 Å². The topological polar surface area (TPSA) is 42.4 Å². The average Bonchev–Trinajstić information content (AvgIpc) is 2.48. The van der Waals surface area contributed by atoms with Gasteiger partial charge in [0.25, 0.3) is 0 Å². The van der Waals surface area contributed by atoms with E-state index in [1.165, 1.54) is 11.1 Å². The highest BCUT2D eigenvalue weighted by atomic mass is 16.5. The van der Waals surface area contributed by atoms with Gasteiger partial charge in [0.05, 0.1) is 12.3 Å². The molecule has 0 spiro atoms. The van der Waals surface area contributed by atoms with Crippen LogP contribution < -0.4 is 4.74 Å². The number of aliphatic hydroxyl groups is 1. The molecule has 0 bridgehead atoms. The number of hydrogen-bond donors (Lipinski definition) is 1. The summed E-state index contributed by atoms with van der Waals surface area (Å²) in [5.74, 6) is 0.591. The first-order chi connectivity index (χ1) is 9.36. The molecule has 0 radical (unpaired) electrons. The summed E-state index contributed by atoms with van der Waals surface area (Å²) in [6.07, 6.45) is 3.36. The van der Waals surface area contributed by atoms with E-state index in [1.807, 2.05) is 12.1 Å². The molecule has 0 amide bonds. The van der Waals surface area contributed by atoms with E-state index < -0.39 is 0 Å². The Morgan fingerprint density at radius 3 is 2.95 bits per heavy atom. The Bertz CT molecular complexity index is 568. The molecule has 98 valence electrons. The van der Waals surface area contributed by atoms with Crippen molar-refractivity contribution in [3.63, 3.8) is 0 Å². The van der Waals surface area contributed by atoms with Crippen molar-refractivity contribution in [3.8, 4) is 5.88 Å². The van der Waals surface area contributed by atoms with Crippen LogP contribution in [0.15, 0.2) is 42.5 Å². The lowest BCUT2D eigenvalue weighted by Gasteiger charge is -2.25. The normalized spacial score (nSPS) is 17.8. The molecule has 1 unspecified atom stereocenters. The van der Waals surface area contributed by atoms with Gasteiger partial charge in [-0.25, -0.2) is 4.98 Å². The largest absolute Gasteiger partial charge is 0.469 e. The van der Waals surface area contributed by atoms with Crippen LogP contribution in [-0.2, 0) is 13.0 Å². The van der Waals surface area contributed by atoms with Gasteiger partial charge in [-0.1, -0.05) is 30.3 Å². The quantitative estimate of drug-likeness (QED) is 0.916. The summed E-state index contributed by atoms with van der Waals surface area (Å²) in [5.41, 5.74) is 3.28. The third-order valence-electron chi connectivity index (χ3n) is 3.52. The second-order valence-electron chi connectivity index (χ2n) is 4.82. The molecule has 1 aliphatic carbocycles. The Morgan fingerprint density at radius 2 is 2.05 bits per heavy atom. The molecule has 1 N–H and O–H groups in total. The van der Waals surface area contributed by atoms with E-state index in [9.17, 15) is 0 Å². The number of rotatable bonds is 3. The van der Waals surface area contributed by atoms with Crippen molar-refractivity contribution in [2.24, 2.45) is 0 Å². The zero-order valence-corrected chi connectivity index (χ0v) is 10.7. The number of nitrogens with zero attached hydrogens (tertiary/aromatic N) is 1. The molecule has 1 atom stereocenters. The molecule has 1 aromatic heterocycles. The van der Waals surface area contributed by atoms with E-state index in [2.05, 4.69) is 29.2 Å². The van der Waals surface area contributed by atoms with E-state index in [4.69, 9.17) is 9.84 Å². The smallest absolute Gasteiger partial charge is 0.214 e. The fraction of sp³-hybridized carbons (Fsp3) is 0.312. The summed E-state index contributed by atoms with van der Waals surface area (Å²) in [6, 6.07) is 13.9. The fourth-order valence-electron chi connectivity index (χ4n) is 2.59. The molecule has 1 aliphatic rings. The van der Waals surface area contributed by atoms with Crippen LogP contribution in [0.4, 0.5) is 0 Å². The summed E-state index contributed by atoms with van der Waals surface area (Å²) < 4.78 is 6.00. The Kier molecular flexibility index (Phi) is 3.47. The molecule has 3 nitrogen and oxygen atoms in total. The van der Waals surface area contributed by atoms with Crippen molar-refractivity contribution < 1.29 is 9.84 Å². The summed E-state index contributed by atoms with van der Waals surface area (Å²) in [4.78, 5) is 4.29. The van der Waals surface area contributed by atoms with Gasteiger partial charge in [0.15, 0.2) is 0 Å². The van der Waals surface area contributed by atoms with Crippen molar-refractivity contribution in [1.29, 1.82) is 0 Å². The zero-order chi connectivity index (χ0) is 13.1. The van der Waals surface area contributed by atoms with Crippen LogP contribution >= 0.6 is 0 Å². The summed E-state index contributed by atoms with van der Waals surface area (Å²) in [7, 11) is 0. The minimum atomic E-state index is -0.0571. The Hall–Kier alpha value is -1.87. The molecular formula is C16H17NO2. The molecular weight excluding hydrogens is 238 g/mol. The van der Waals surface area contributed by atoms with Crippen LogP contribution in [0, 0.1) is 0 Å². The number of ether oxygens (including phenoxy) is 1. The van der Waals surface area contributed by atoms with Gasteiger partial charge >= 0.3 is 0 Å². The van der Waals surface area contributed by atoms with Crippen LogP contribution in [0.1, 0.15) is 35.8 Å². The molecule has 0 aliphatic heterocycles. The minimum absolute atomic E-state index is 0.0571. The lowest BCUT2D eigenvalue weighted by molar-refractivity contribution is 0.174. The third-order valence-corrected chi connectivity index (χ3v) is 3.52. The first-order valence-corrected chi connectivity index (χ1v) is 6.68. The molecule has 0 saturated heterocycles. The number of benzene rings is 1.